The zero-order valence-corrected chi connectivity index (χ0v) is 11.9. The smallest absolute Gasteiger partial charge is 0.0969 e. The minimum Gasteiger partial charge on any atom is -0.308 e. The summed E-state index contributed by atoms with van der Waals surface area (Å²) in [5.41, 5.74) is 1.99. The van der Waals surface area contributed by atoms with Crippen LogP contribution < -0.4 is 5.32 Å². The van der Waals surface area contributed by atoms with Crippen molar-refractivity contribution < 1.29 is 0 Å². The van der Waals surface area contributed by atoms with E-state index in [-0.39, 0.29) is 0 Å². The summed E-state index contributed by atoms with van der Waals surface area (Å²) in [7, 11) is 2.18. The number of rotatable bonds is 4. The first kappa shape index (κ1) is 13.3. The molecule has 1 fully saturated rings. The lowest BCUT2D eigenvalue weighted by molar-refractivity contribution is 0.233. The van der Waals surface area contributed by atoms with Gasteiger partial charge >= 0.3 is 0 Å². The van der Waals surface area contributed by atoms with Crippen LogP contribution >= 0.6 is 0 Å². The van der Waals surface area contributed by atoms with Crippen LogP contribution in [0, 0.1) is 0 Å². The van der Waals surface area contributed by atoms with E-state index >= 15 is 0 Å². The van der Waals surface area contributed by atoms with Crippen LogP contribution in [0.15, 0.2) is 36.5 Å². The predicted molar refractivity (Wildman–Crippen MR) is 78.7 cm³/mol. The lowest BCUT2D eigenvalue weighted by Crippen LogP contribution is -2.40. The van der Waals surface area contributed by atoms with Gasteiger partial charge in [-0.25, -0.2) is 0 Å². The molecule has 1 aliphatic heterocycles. The van der Waals surface area contributed by atoms with Crippen LogP contribution in [0.25, 0.3) is 5.69 Å². The van der Waals surface area contributed by atoms with Crippen LogP contribution in [0.5, 0.6) is 0 Å². The Balaban J connectivity index is 1.55. The molecule has 0 radical (unpaired) electrons. The van der Waals surface area contributed by atoms with Gasteiger partial charge in [0.15, 0.2) is 0 Å². The fraction of sp³-hybridized carbons (Fsp3) is 0.467. The Morgan fingerprint density at radius 2 is 1.95 bits per heavy atom. The van der Waals surface area contributed by atoms with Gasteiger partial charge in [-0.15, -0.1) is 0 Å². The standard InChI is InChI=1S/C15H21N5/c1-19-9-7-13(8-10-19)16-11-14-12-17-20(18-14)15-5-3-2-4-6-15/h2-6,12-13,16H,7-11H2,1H3. The summed E-state index contributed by atoms with van der Waals surface area (Å²) in [5, 5.41) is 12.4. The molecule has 1 aliphatic rings. The van der Waals surface area contributed by atoms with E-state index in [4.69, 9.17) is 0 Å². The molecule has 5 heteroatoms. The van der Waals surface area contributed by atoms with Crippen LogP contribution in [0.1, 0.15) is 18.5 Å². The monoisotopic (exact) mass is 271 g/mol. The number of nitrogens with one attached hydrogen (secondary N) is 1. The molecule has 1 N–H and O–H groups in total. The molecule has 5 nitrogen and oxygen atoms in total. The van der Waals surface area contributed by atoms with Crippen molar-refractivity contribution in [2.75, 3.05) is 20.1 Å². The number of para-hydroxylation sites is 1. The normalized spacial score (nSPS) is 17.4. The number of nitrogens with zero attached hydrogens (tertiary/aromatic N) is 4. The van der Waals surface area contributed by atoms with Crippen LogP contribution in [0.2, 0.25) is 0 Å². The van der Waals surface area contributed by atoms with Crippen molar-refractivity contribution in [3.8, 4) is 5.69 Å². The Morgan fingerprint density at radius 1 is 1.20 bits per heavy atom. The summed E-state index contributed by atoms with van der Waals surface area (Å²) in [5.74, 6) is 0. The van der Waals surface area contributed by atoms with E-state index in [1.165, 1.54) is 25.9 Å². The van der Waals surface area contributed by atoms with Crippen molar-refractivity contribution >= 4 is 0 Å². The maximum absolute atomic E-state index is 4.51. The Kier molecular flexibility index (Phi) is 4.08. The maximum Gasteiger partial charge on any atom is 0.0969 e. The van der Waals surface area contributed by atoms with Gasteiger partial charge in [-0.05, 0) is 45.1 Å². The first-order valence-electron chi connectivity index (χ1n) is 7.20. The number of piperidine rings is 1. The zero-order chi connectivity index (χ0) is 13.8. The molecule has 1 saturated heterocycles. The van der Waals surface area contributed by atoms with Gasteiger partial charge in [0.1, 0.15) is 0 Å². The van der Waals surface area contributed by atoms with Gasteiger partial charge in [0.2, 0.25) is 0 Å². The third kappa shape index (κ3) is 3.23. The molecule has 0 spiro atoms. The van der Waals surface area contributed by atoms with E-state index in [1.54, 1.807) is 4.80 Å². The van der Waals surface area contributed by atoms with Crippen molar-refractivity contribution in [3.63, 3.8) is 0 Å². The van der Waals surface area contributed by atoms with E-state index in [0.29, 0.717) is 6.04 Å². The molecule has 0 saturated carbocycles. The molecule has 3 rings (SSSR count). The average Bonchev–Trinajstić information content (AvgIpc) is 2.97. The highest BCUT2D eigenvalue weighted by molar-refractivity contribution is 5.28. The number of hydrogen-bond donors (Lipinski definition) is 1. The Morgan fingerprint density at radius 3 is 2.70 bits per heavy atom. The van der Waals surface area contributed by atoms with Gasteiger partial charge in [0.05, 0.1) is 17.6 Å². The predicted octanol–water partition coefficient (Wildman–Crippen LogP) is 1.45. The Labute approximate surface area is 119 Å². The number of hydrogen-bond acceptors (Lipinski definition) is 4. The van der Waals surface area contributed by atoms with E-state index < -0.39 is 0 Å². The molecular weight excluding hydrogens is 250 g/mol. The van der Waals surface area contributed by atoms with Crippen LogP contribution in [-0.4, -0.2) is 46.1 Å². The third-order valence-electron chi connectivity index (χ3n) is 3.82. The summed E-state index contributed by atoms with van der Waals surface area (Å²) >= 11 is 0. The van der Waals surface area contributed by atoms with E-state index in [1.807, 2.05) is 36.5 Å². The largest absolute Gasteiger partial charge is 0.308 e. The number of likely N-dealkylation sites (tertiary alicyclic amines) is 1. The number of benzene rings is 1. The molecule has 0 aliphatic carbocycles. The fourth-order valence-corrected chi connectivity index (χ4v) is 2.52. The SMILES string of the molecule is CN1CCC(NCc2cnn(-c3ccccc3)n2)CC1. The highest BCUT2D eigenvalue weighted by Gasteiger charge is 2.16. The Bertz CT molecular complexity index is 528. The van der Waals surface area contributed by atoms with E-state index in [2.05, 4.69) is 27.5 Å². The van der Waals surface area contributed by atoms with Crippen molar-refractivity contribution in [2.24, 2.45) is 0 Å². The highest BCUT2D eigenvalue weighted by Crippen LogP contribution is 2.09. The molecule has 0 amide bonds. The topological polar surface area (TPSA) is 46.0 Å². The van der Waals surface area contributed by atoms with Crippen molar-refractivity contribution in [1.29, 1.82) is 0 Å². The van der Waals surface area contributed by atoms with Crippen molar-refractivity contribution in [3.05, 3.63) is 42.2 Å². The molecule has 1 aromatic heterocycles. The maximum atomic E-state index is 4.51. The molecule has 0 bridgehead atoms. The van der Waals surface area contributed by atoms with E-state index in [9.17, 15) is 0 Å². The average molecular weight is 271 g/mol. The number of aromatic nitrogens is 3. The fourth-order valence-electron chi connectivity index (χ4n) is 2.52. The summed E-state index contributed by atoms with van der Waals surface area (Å²) in [6.45, 7) is 3.14. The first-order valence-corrected chi connectivity index (χ1v) is 7.20. The van der Waals surface area contributed by atoms with Crippen molar-refractivity contribution in [2.45, 2.75) is 25.4 Å². The van der Waals surface area contributed by atoms with Gasteiger partial charge in [-0.2, -0.15) is 15.0 Å². The minimum atomic E-state index is 0.605. The van der Waals surface area contributed by atoms with Crippen LogP contribution in [0.4, 0.5) is 0 Å². The zero-order valence-electron chi connectivity index (χ0n) is 11.9. The molecule has 106 valence electrons. The lowest BCUT2D eigenvalue weighted by atomic mass is 10.1. The molecular formula is C15H21N5. The second kappa shape index (κ2) is 6.15. The third-order valence-corrected chi connectivity index (χ3v) is 3.82. The molecule has 2 heterocycles. The molecule has 0 atom stereocenters. The van der Waals surface area contributed by atoms with Gasteiger partial charge in [0.25, 0.3) is 0 Å². The van der Waals surface area contributed by atoms with Gasteiger partial charge in [-0.1, -0.05) is 18.2 Å². The van der Waals surface area contributed by atoms with E-state index in [0.717, 1.165) is 17.9 Å². The van der Waals surface area contributed by atoms with Gasteiger partial charge in [-0.3, -0.25) is 0 Å². The minimum absolute atomic E-state index is 0.605. The molecule has 2 aromatic rings. The van der Waals surface area contributed by atoms with Gasteiger partial charge < -0.3 is 10.2 Å². The second-order valence-corrected chi connectivity index (χ2v) is 5.42. The quantitative estimate of drug-likeness (QED) is 0.914. The lowest BCUT2D eigenvalue weighted by Gasteiger charge is -2.29. The Hall–Kier alpha value is -1.72. The second-order valence-electron chi connectivity index (χ2n) is 5.42. The van der Waals surface area contributed by atoms with Crippen LogP contribution in [0.3, 0.4) is 0 Å². The summed E-state index contributed by atoms with van der Waals surface area (Å²) in [6.07, 6.45) is 4.27. The summed E-state index contributed by atoms with van der Waals surface area (Å²) in [4.78, 5) is 4.07. The van der Waals surface area contributed by atoms with Crippen LogP contribution in [-0.2, 0) is 6.54 Å². The highest BCUT2D eigenvalue weighted by atomic mass is 15.5. The summed E-state index contributed by atoms with van der Waals surface area (Å²) in [6, 6.07) is 10.6. The van der Waals surface area contributed by atoms with Gasteiger partial charge in [0, 0.05) is 12.6 Å². The first-order chi connectivity index (χ1) is 9.81. The summed E-state index contributed by atoms with van der Waals surface area (Å²) < 4.78 is 0. The molecule has 0 unspecified atom stereocenters. The molecule has 1 aromatic carbocycles. The van der Waals surface area contributed by atoms with Crippen molar-refractivity contribution in [1.82, 2.24) is 25.2 Å². The molecule has 20 heavy (non-hydrogen) atoms.